The first-order chi connectivity index (χ1) is 14.2. The normalized spacial score (nSPS) is 18.3. The highest BCUT2D eigenvalue weighted by Gasteiger charge is 2.47. The lowest BCUT2D eigenvalue weighted by atomic mass is 9.95. The van der Waals surface area contributed by atoms with E-state index in [0.29, 0.717) is 12.1 Å². The summed E-state index contributed by atoms with van der Waals surface area (Å²) in [5.41, 5.74) is 6.13. The van der Waals surface area contributed by atoms with Gasteiger partial charge in [-0.1, -0.05) is 36.3 Å². The standard InChI is InChI=1S/C21H25N3O5S/c1-4-17-11-16(9-10-22-17)14-5-7-15(8-6-14)19-12-18(29-24-19)13-21(2,20(25)23-26)30(3,27)28/h5-11,18,26H,4,12-13H2,1-3H3,(H,23,25)/t18-,21?/m1/s1. The number of sulfone groups is 1. The van der Waals surface area contributed by atoms with Gasteiger partial charge in [-0.3, -0.25) is 15.0 Å². The van der Waals surface area contributed by atoms with Crippen LogP contribution in [-0.2, 0) is 25.9 Å². The van der Waals surface area contributed by atoms with Crippen LogP contribution >= 0.6 is 0 Å². The lowest BCUT2D eigenvalue weighted by Gasteiger charge is -2.26. The molecule has 2 N–H and O–H groups in total. The Morgan fingerprint density at radius 1 is 1.23 bits per heavy atom. The van der Waals surface area contributed by atoms with E-state index in [-0.39, 0.29) is 6.42 Å². The van der Waals surface area contributed by atoms with Crippen molar-refractivity contribution in [2.24, 2.45) is 5.16 Å². The van der Waals surface area contributed by atoms with Crippen LogP contribution in [0.4, 0.5) is 0 Å². The maximum atomic E-state index is 12.1. The SMILES string of the molecule is CCc1cc(-c2ccc(C3=NO[C@@H](CC(C)(C(=O)NO)S(C)(=O)=O)C3)cc2)ccn1. The van der Waals surface area contributed by atoms with E-state index in [1.54, 1.807) is 6.20 Å². The highest BCUT2D eigenvalue weighted by atomic mass is 32.2. The van der Waals surface area contributed by atoms with Crippen LogP contribution in [0.2, 0.25) is 0 Å². The number of nitrogens with zero attached hydrogens (tertiary/aromatic N) is 2. The lowest BCUT2D eigenvalue weighted by Crippen LogP contribution is -2.51. The Hall–Kier alpha value is -2.78. The van der Waals surface area contributed by atoms with Crippen LogP contribution in [0, 0.1) is 0 Å². The number of aryl methyl sites for hydroxylation is 1. The number of hydrogen-bond donors (Lipinski definition) is 2. The summed E-state index contributed by atoms with van der Waals surface area (Å²) in [5.74, 6) is -0.991. The van der Waals surface area contributed by atoms with Gasteiger partial charge in [0.25, 0.3) is 5.91 Å². The van der Waals surface area contributed by atoms with E-state index in [1.807, 2.05) is 30.3 Å². The number of hydrogen-bond acceptors (Lipinski definition) is 7. The van der Waals surface area contributed by atoms with Gasteiger partial charge in [0.1, 0.15) is 6.10 Å². The molecular weight excluding hydrogens is 406 g/mol. The maximum Gasteiger partial charge on any atom is 0.264 e. The third kappa shape index (κ3) is 4.36. The summed E-state index contributed by atoms with van der Waals surface area (Å²) in [4.78, 5) is 21.7. The van der Waals surface area contributed by atoms with Crippen LogP contribution < -0.4 is 5.48 Å². The molecule has 1 unspecified atom stereocenters. The van der Waals surface area contributed by atoms with Crippen molar-refractivity contribution in [3.8, 4) is 11.1 Å². The predicted octanol–water partition coefficient (Wildman–Crippen LogP) is 2.50. The molecule has 2 atom stereocenters. The molecule has 1 aliphatic heterocycles. The minimum atomic E-state index is -3.80. The molecule has 0 radical (unpaired) electrons. The Balaban J connectivity index is 1.73. The Bertz CT molecular complexity index is 1070. The third-order valence-electron chi connectivity index (χ3n) is 5.48. The van der Waals surface area contributed by atoms with Crippen molar-refractivity contribution in [1.29, 1.82) is 0 Å². The number of aromatic nitrogens is 1. The zero-order valence-corrected chi connectivity index (χ0v) is 17.9. The molecule has 1 aliphatic rings. The van der Waals surface area contributed by atoms with E-state index in [2.05, 4.69) is 23.1 Å². The molecule has 0 fully saturated rings. The van der Waals surface area contributed by atoms with Gasteiger partial charge in [-0.05, 0) is 42.2 Å². The van der Waals surface area contributed by atoms with Crippen LogP contribution in [-0.4, -0.2) is 47.3 Å². The van der Waals surface area contributed by atoms with Crippen LogP contribution in [0.25, 0.3) is 11.1 Å². The monoisotopic (exact) mass is 431 g/mol. The molecule has 1 aromatic heterocycles. The van der Waals surface area contributed by atoms with Gasteiger partial charge in [0.15, 0.2) is 14.6 Å². The van der Waals surface area contributed by atoms with Crippen LogP contribution in [0.1, 0.15) is 37.9 Å². The Morgan fingerprint density at radius 2 is 1.90 bits per heavy atom. The van der Waals surface area contributed by atoms with Crippen molar-refractivity contribution in [1.82, 2.24) is 10.5 Å². The number of benzene rings is 1. The largest absolute Gasteiger partial charge is 0.392 e. The third-order valence-corrected chi connectivity index (χ3v) is 7.47. The summed E-state index contributed by atoms with van der Waals surface area (Å²) in [6.45, 7) is 3.33. The zero-order chi connectivity index (χ0) is 21.9. The van der Waals surface area contributed by atoms with Crippen molar-refractivity contribution < 1.29 is 23.3 Å². The highest BCUT2D eigenvalue weighted by Crippen LogP contribution is 2.30. The molecular formula is C21H25N3O5S. The smallest absolute Gasteiger partial charge is 0.264 e. The number of carbonyl (C=O) groups is 1. The van der Waals surface area contributed by atoms with Gasteiger partial charge in [0.05, 0.1) is 5.71 Å². The van der Waals surface area contributed by atoms with Gasteiger partial charge in [-0.15, -0.1) is 0 Å². The first kappa shape index (κ1) is 21.9. The van der Waals surface area contributed by atoms with Crippen molar-refractivity contribution in [3.63, 3.8) is 0 Å². The molecule has 9 heteroatoms. The van der Waals surface area contributed by atoms with Crippen molar-refractivity contribution in [3.05, 3.63) is 53.9 Å². The molecule has 0 spiro atoms. The summed E-state index contributed by atoms with van der Waals surface area (Å²) in [5, 5.41) is 13.0. The molecule has 2 heterocycles. The number of rotatable bonds is 7. The van der Waals surface area contributed by atoms with Gasteiger partial charge in [0.2, 0.25) is 0 Å². The number of nitrogens with one attached hydrogen (secondary N) is 1. The molecule has 8 nitrogen and oxygen atoms in total. The minimum Gasteiger partial charge on any atom is -0.392 e. The van der Waals surface area contributed by atoms with E-state index in [0.717, 1.165) is 35.1 Å². The van der Waals surface area contributed by atoms with Gasteiger partial charge < -0.3 is 4.84 Å². The quantitative estimate of drug-likeness (QED) is 0.514. The number of hydroxylamine groups is 1. The fourth-order valence-corrected chi connectivity index (χ4v) is 4.25. The Labute approximate surface area is 175 Å². The second kappa shape index (κ2) is 8.53. The van der Waals surface area contributed by atoms with Gasteiger partial charge >= 0.3 is 0 Å². The zero-order valence-electron chi connectivity index (χ0n) is 17.1. The summed E-state index contributed by atoms with van der Waals surface area (Å²) in [6, 6.07) is 11.8. The van der Waals surface area contributed by atoms with Gasteiger partial charge in [-0.2, -0.15) is 0 Å². The summed E-state index contributed by atoms with van der Waals surface area (Å²) in [7, 11) is -3.80. The average Bonchev–Trinajstić information content (AvgIpc) is 3.20. The molecule has 1 aromatic carbocycles. The summed E-state index contributed by atoms with van der Waals surface area (Å²) >= 11 is 0. The first-order valence-electron chi connectivity index (χ1n) is 9.60. The van der Waals surface area contributed by atoms with Crippen molar-refractivity contribution >= 4 is 21.5 Å². The predicted molar refractivity (Wildman–Crippen MR) is 113 cm³/mol. The molecule has 30 heavy (non-hydrogen) atoms. The first-order valence-corrected chi connectivity index (χ1v) is 11.5. The van der Waals surface area contributed by atoms with Gasteiger partial charge in [0, 0.05) is 31.0 Å². The number of pyridine rings is 1. The molecule has 160 valence electrons. The van der Waals surface area contributed by atoms with Crippen LogP contribution in [0.3, 0.4) is 0 Å². The highest BCUT2D eigenvalue weighted by molar-refractivity contribution is 7.92. The Kier molecular flexibility index (Phi) is 6.23. The minimum absolute atomic E-state index is 0.125. The average molecular weight is 432 g/mol. The molecule has 3 rings (SSSR count). The van der Waals surface area contributed by atoms with Crippen molar-refractivity contribution in [2.75, 3.05) is 6.26 Å². The molecule has 0 saturated carbocycles. The van der Waals surface area contributed by atoms with Gasteiger partial charge in [-0.25, -0.2) is 13.9 Å². The lowest BCUT2D eigenvalue weighted by molar-refractivity contribution is -0.132. The Morgan fingerprint density at radius 3 is 2.50 bits per heavy atom. The van der Waals surface area contributed by atoms with E-state index < -0.39 is 26.6 Å². The van der Waals surface area contributed by atoms with Crippen LogP contribution in [0.15, 0.2) is 47.8 Å². The summed E-state index contributed by atoms with van der Waals surface area (Å²) in [6.07, 6.45) is 3.26. The van der Waals surface area contributed by atoms with Crippen molar-refractivity contribution in [2.45, 2.75) is 44.0 Å². The molecule has 1 amide bonds. The maximum absolute atomic E-state index is 12.1. The number of carbonyl (C=O) groups excluding carboxylic acids is 1. The van der Waals surface area contributed by atoms with Crippen LogP contribution in [0.5, 0.6) is 0 Å². The second-order valence-corrected chi connectivity index (χ2v) is 10.0. The van der Waals surface area contributed by atoms with E-state index in [1.165, 1.54) is 12.4 Å². The molecule has 0 aliphatic carbocycles. The fraction of sp³-hybridized carbons (Fsp3) is 0.381. The molecule has 2 aromatic rings. The van der Waals surface area contributed by atoms with E-state index >= 15 is 0 Å². The molecule has 0 saturated heterocycles. The van der Waals surface area contributed by atoms with E-state index in [4.69, 9.17) is 10.0 Å². The number of amides is 1. The fourth-order valence-electron chi connectivity index (χ4n) is 3.38. The summed E-state index contributed by atoms with van der Waals surface area (Å²) < 4.78 is 22.5. The number of oxime groups is 1. The molecule has 0 bridgehead atoms. The topological polar surface area (TPSA) is 118 Å². The second-order valence-electron chi connectivity index (χ2n) is 7.58. The van der Waals surface area contributed by atoms with E-state index in [9.17, 15) is 13.2 Å².